The second-order valence-electron chi connectivity index (χ2n) is 3.89. The van der Waals surface area contributed by atoms with Crippen molar-refractivity contribution in [3.63, 3.8) is 0 Å². The van der Waals surface area contributed by atoms with Crippen LogP contribution in [0.3, 0.4) is 0 Å². The van der Waals surface area contributed by atoms with Crippen LogP contribution in [0.5, 0.6) is 5.75 Å². The van der Waals surface area contributed by atoms with E-state index in [4.69, 9.17) is 9.84 Å². The molecule has 0 amide bonds. The zero-order valence-corrected chi connectivity index (χ0v) is 11.1. The highest BCUT2D eigenvalue weighted by molar-refractivity contribution is 7.92. The second-order valence-corrected chi connectivity index (χ2v) is 6.07. The molecule has 0 saturated heterocycles. The number of ether oxygens (including phenoxy) is 1. The van der Waals surface area contributed by atoms with E-state index in [9.17, 15) is 18.0 Å². The standard InChI is InChI=1S/C12H14O6S/c1-18-10-4-2-3-9(7-10)11(13)8-19(16,17)6-5-12(14)15/h2-4,7H,5-6,8H2,1H3,(H,14,15). The SMILES string of the molecule is COc1cccc(C(=O)CS(=O)(=O)CCC(=O)O)c1. The highest BCUT2D eigenvalue weighted by Gasteiger charge is 2.19. The van der Waals surface area contributed by atoms with Crippen molar-refractivity contribution >= 4 is 21.6 Å². The molecule has 1 aromatic carbocycles. The summed E-state index contributed by atoms with van der Waals surface area (Å²) >= 11 is 0. The maximum absolute atomic E-state index is 11.8. The fraction of sp³-hybridized carbons (Fsp3) is 0.333. The number of sulfone groups is 1. The van der Waals surface area contributed by atoms with E-state index >= 15 is 0 Å². The maximum Gasteiger partial charge on any atom is 0.304 e. The summed E-state index contributed by atoms with van der Waals surface area (Å²) in [5.41, 5.74) is 0.221. The van der Waals surface area contributed by atoms with Gasteiger partial charge >= 0.3 is 5.97 Å². The molecule has 0 heterocycles. The number of hydrogen-bond acceptors (Lipinski definition) is 5. The second kappa shape index (κ2) is 6.33. The minimum absolute atomic E-state index is 0.221. The molecule has 0 radical (unpaired) electrons. The van der Waals surface area contributed by atoms with Crippen molar-refractivity contribution in [2.75, 3.05) is 18.6 Å². The third kappa shape index (κ3) is 5.09. The van der Waals surface area contributed by atoms with Gasteiger partial charge in [-0.2, -0.15) is 0 Å². The van der Waals surface area contributed by atoms with Gasteiger partial charge in [0.1, 0.15) is 11.5 Å². The van der Waals surface area contributed by atoms with E-state index in [1.165, 1.54) is 19.2 Å². The Morgan fingerprint density at radius 1 is 1.32 bits per heavy atom. The Morgan fingerprint density at radius 3 is 2.58 bits per heavy atom. The number of carboxylic acid groups (broad SMARTS) is 1. The van der Waals surface area contributed by atoms with Crippen molar-refractivity contribution in [1.29, 1.82) is 0 Å². The molecule has 104 valence electrons. The average molecular weight is 286 g/mol. The number of benzene rings is 1. The molecule has 1 aromatic rings. The summed E-state index contributed by atoms with van der Waals surface area (Å²) < 4.78 is 28.1. The summed E-state index contributed by atoms with van der Waals surface area (Å²) in [5.74, 6) is -2.58. The molecule has 0 bridgehead atoms. The van der Waals surface area contributed by atoms with E-state index in [2.05, 4.69) is 0 Å². The topological polar surface area (TPSA) is 97.7 Å². The molecule has 1 rings (SSSR count). The van der Waals surface area contributed by atoms with E-state index in [1.807, 2.05) is 0 Å². The zero-order chi connectivity index (χ0) is 14.5. The molecule has 0 spiro atoms. The van der Waals surface area contributed by atoms with Crippen molar-refractivity contribution in [3.8, 4) is 5.75 Å². The zero-order valence-electron chi connectivity index (χ0n) is 10.3. The molecule has 0 unspecified atom stereocenters. The Labute approximate surface area is 110 Å². The molecule has 0 aliphatic carbocycles. The Morgan fingerprint density at radius 2 is 2.00 bits per heavy atom. The number of rotatable bonds is 7. The van der Waals surface area contributed by atoms with E-state index in [1.54, 1.807) is 12.1 Å². The highest BCUT2D eigenvalue weighted by atomic mass is 32.2. The van der Waals surface area contributed by atoms with Gasteiger partial charge in [-0.25, -0.2) is 8.42 Å². The van der Waals surface area contributed by atoms with E-state index in [0.29, 0.717) is 5.75 Å². The van der Waals surface area contributed by atoms with E-state index < -0.39 is 39.5 Å². The molecule has 0 atom stereocenters. The minimum Gasteiger partial charge on any atom is -0.497 e. The van der Waals surface area contributed by atoms with Crippen LogP contribution in [0.15, 0.2) is 24.3 Å². The van der Waals surface area contributed by atoms with Gasteiger partial charge in [0.2, 0.25) is 0 Å². The maximum atomic E-state index is 11.8. The van der Waals surface area contributed by atoms with Crippen LogP contribution in [-0.4, -0.2) is 43.9 Å². The molecule has 0 aromatic heterocycles. The lowest BCUT2D eigenvalue weighted by Crippen LogP contribution is -2.20. The first-order valence-electron chi connectivity index (χ1n) is 5.43. The van der Waals surface area contributed by atoms with Gasteiger partial charge in [0.25, 0.3) is 0 Å². The van der Waals surface area contributed by atoms with Crippen LogP contribution >= 0.6 is 0 Å². The summed E-state index contributed by atoms with van der Waals surface area (Å²) in [7, 11) is -2.28. The van der Waals surface area contributed by atoms with Crippen LogP contribution in [0.4, 0.5) is 0 Å². The molecule has 0 fully saturated rings. The summed E-state index contributed by atoms with van der Waals surface area (Å²) in [6, 6.07) is 6.14. The monoisotopic (exact) mass is 286 g/mol. The summed E-state index contributed by atoms with van der Waals surface area (Å²) in [6.45, 7) is 0. The number of aliphatic carboxylic acids is 1. The Hall–Kier alpha value is -1.89. The van der Waals surface area contributed by atoms with E-state index in [0.717, 1.165) is 0 Å². The molecule has 7 heteroatoms. The van der Waals surface area contributed by atoms with E-state index in [-0.39, 0.29) is 5.56 Å². The largest absolute Gasteiger partial charge is 0.497 e. The van der Waals surface area contributed by atoms with Gasteiger partial charge in [0.15, 0.2) is 15.6 Å². The van der Waals surface area contributed by atoms with Crippen molar-refractivity contribution < 1.29 is 27.9 Å². The summed E-state index contributed by atoms with van der Waals surface area (Å²) in [6.07, 6.45) is -0.506. The molecule has 0 aliphatic rings. The number of carbonyl (C=O) groups excluding carboxylic acids is 1. The van der Waals surface area contributed by atoms with Crippen LogP contribution in [0.1, 0.15) is 16.8 Å². The fourth-order valence-electron chi connectivity index (χ4n) is 1.39. The van der Waals surface area contributed by atoms with Crippen LogP contribution < -0.4 is 4.74 Å². The van der Waals surface area contributed by atoms with Gasteiger partial charge in [0.05, 0.1) is 19.3 Å². The molecule has 19 heavy (non-hydrogen) atoms. The lowest BCUT2D eigenvalue weighted by atomic mass is 10.1. The number of carbonyl (C=O) groups is 2. The average Bonchev–Trinajstić information content (AvgIpc) is 2.36. The molecule has 0 aliphatic heterocycles. The highest BCUT2D eigenvalue weighted by Crippen LogP contribution is 2.13. The van der Waals surface area contributed by atoms with Crippen LogP contribution in [0.2, 0.25) is 0 Å². The number of Topliss-reactive ketones (excluding diaryl/α,β-unsaturated/α-hetero) is 1. The smallest absolute Gasteiger partial charge is 0.304 e. The first kappa shape index (κ1) is 15.2. The predicted molar refractivity (Wildman–Crippen MR) is 68.2 cm³/mol. The molecule has 0 saturated carbocycles. The lowest BCUT2D eigenvalue weighted by molar-refractivity contribution is -0.136. The first-order valence-corrected chi connectivity index (χ1v) is 7.25. The Bertz CT molecular complexity index is 576. The van der Waals surface area contributed by atoms with Gasteiger partial charge < -0.3 is 9.84 Å². The van der Waals surface area contributed by atoms with Crippen molar-refractivity contribution in [2.24, 2.45) is 0 Å². The minimum atomic E-state index is -3.71. The van der Waals surface area contributed by atoms with Gasteiger partial charge in [-0.1, -0.05) is 12.1 Å². The number of carboxylic acids is 1. The van der Waals surface area contributed by atoms with Crippen LogP contribution in [-0.2, 0) is 14.6 Å². The Balaban J connectivity index is 2.75. The van der Waals surface area contributed by atoms with Crippen LogP contribution in [0, 0.1) is 0 Å². The third-order valence-electron chi connectivity index (χ3n) is 2.37. The number of methoxy groups -OCH3 is 1. The molecular formula is C12H14O6S. The normalized spacial score (nSPS) is 11.0. The van der Waals surface area contributed by atoms with Crippen molar-refractivity contribution in [1.82, 2.24) is 0 Å². The quantitative estimate of drug-likeness (QED) is 0.743. The first-order chi connectivity index (χ1) is 8.84. The van der Waals surface area contributed by atoms with Crippen LogP contribution in [0.25, 0.3) is 0 Å². The molecular weight excluding hydrogens is 272 g/mol. The van der Waals surface area contributed by atoms with Gasteiger partial charge in [-0.15, -0.1) is 0 Å². The third-order valence-corrected chi connectivity index (χ3v) is 3.90. The summed E-state index contributed by atoms with van der Waals surface area (Å²) in [4.78, 5) is 22.1. The fourth-order valence-corrected chi connectivity index (χ4v) is 2.59. The predicted octanol–water partition coefficient (Wildman–Crippen LogP) is 0.767. The van der Waals surface area contributed by atoms with Gasteiger partial charge in [0, 0.05) is 5.56 Å². The molecule has 1 N–H and O–H groups in total. The number of ketones is 1. The Kier molecular flexibility index (Phi) is 5.05. The molecule has 6 nitrogen and oxygen atoms in total. The van der Waals surface area contributed by atoms with Crippen molar-refractivity contribution in [2.45, 2.75) is 6.42 Å². The van der Waals surface area contributed by atoms with Gasteiger partial charge in [-0.05, 0) is 12.1 Å². The number of hydrogen-bond donors (Lipinski definition) is 1. The summed E-state index contributed by atoms with van der Waals surface area (Å²) in [5, 5.41) is 8.43. The van der Waals surface area contributed by atoms with Crippen molar-refractivity contribution in [3.05, 3.63) is 29.8 Å². The lowest BCUT2D eigenvalue weighted by Gasteiger charge is -2.04. The van der Waals surface area contributed by atoms with Gasteiger partial charge in [-0.3, -0.25) is 9.59 Å².